The molecule has 0 radical (unpaired) electrons. The van der Waals surface area contributed by atoms with Gasteiger partial charge in [-0.2, -0.15) is 10.2 Å². The predicted octanol–water partition coefficient (Wildman–Crippen LogP) is 5.29. The highest BCUT2D eigenvalue weighted by Crippen LogP contribution is 2.25. The molecule has 25 heavy (non-hydrogen) atoms. The van der Waals surface area contributed by atoms with Gasteiger partial charge >= 0.3 is 0 Å². The Kier molecular flexibility index (Phi) is 5.80. The Morgan fingerprint density at radius 1 is 0.880 bits per heavy atom. The van der Waals surface area contributed by atoms with Crippen molar-refractivity contribution in [2.45, 2.75) is 27.7 Å². The van der Waals surface area contributed by atoms with Crippen molar-refractivity contribution in [1.82, 2.24) is 0 Å². The number of hydrogen-bond donors (Lipinski definition) is 1. The molecule has 0 spiro atoms. The molecule has 5 heteroatoms. The number of amides is 1. The molecule has 0 heterocycles. The Balaban J connectivity index is 2.04. The van der Waals surface area contributed by atoms with Crippen LogP contribution in [0.5, 0.6) is 0 Å². The van der Waals surface area contributed by atoms with Crippen molar-refractivity contribution in [2.24, 2.45) is 21.6 Å². The molecule has 5 nitrogen and oxygen atoms in total. The fraction of sp³-hybridized carbons (Fsp3) is 0.300. The largest absolute Gasteiger partial charge is 0.325 e. The number of ketones is 1. The molecule has 0 aliphatic carbocycles. The van der Waals surface area contributed by atoms with Gasteiger partial charge in [-0.25, -0.2) is 0 Å². The number of anilines is 1. The molecule has 1 N–H and O–H groups in total. The second-order valence-electron chi connectivity index (χ2n) is 6.68. The smallest absolute Gasteiger partial charge is 0.237 e. The minimum atomic E-state index is -1.07. The monoisotopic (exact) mass is 337 g/mol. The zero-order valence-corrected chi connectivity index (χ0v) is 15.0. The summed E-state index contributed by atoms with van der Waals surface area (Å²) in [6.07, 6.45) is 0. The number of azo groups is 1. The van der Waals surface area contributed by atoms with Gasteiger partial charge in [0.25, 0.3) is 0 Å². The first-order valence-corrected chi connectivity index (χ1v) is 8.23. The molecule has 0 atom stereocenters. The minimum absolute atomic E-state index is 0.0849. The number of benzene rings is 2. The van der Waals surface area contributed by atoms with Crippen molar-refractivity contribution in [1.29, 1.82) is 0 Å². The van der Waals surface area contributed by atoms with E-state index in [4.69, 9.17) is 0 Å². The maximum atomic E-state index is 12.4. The van der Waals surface area contributed by atoms with Crippen molar-refractivity contribution in [3.05, 3.63) is 54.6 Å². The Labute approximate surface area is 148 Å². The molecule has 0 aliphatic heterocycles. The number of nitrogens with one attached hydrogen (secondary N) is 1. The van der Waals surface area contributed by atoms with Gasteiger partial charge in [-0.1, -0.05) is 32.0 Å². The average Bonchev–Trinajstić information content (AvgIpc) is 2.61. The Hall–Kier alpha value is -2.82. The molecule has 1 amide bonds. The molecule has 0 saturated carbocycles. The topological polar surface area (TPSA) is 70.9 Å². The summed E-state index contributed by atoms with van der Waals surface area (Å²) < 4.78 is 0. The van der Waals surface area contributed by atoms with Crippen LogP contribution in [-0.4, -0.2) is 11.7 Å². The second kappa shape index (κ2) is 7.83. The summed E-state index contributed by atoms with van der Waals surface area (Å²) in [5.74, 6) is -0.593. The van der Waals surface area contributed by atoms with Gasteiger partial charge in [-0.15, -0.1) is 0 Å². The van der Waals surface area contributed by atoms with Gasteiger partial charge < -0.3 is 5.32 Å². The second-order valence-corrected chi connectivity index (χ2v) is 6.68. The SMILES string of the molecule is CC(C)C(=O)C(C)(C)C(=O)Nc1ccc(N=Nc2ccccc2)cc1. The van der Waals surface area contributed by atoms with Crippen LogP contribution in [0.2, 0.25) is 0 Å². The van der Waals surface area contributed by atoms with Gasteiger partial charge in [0.2, 0.25) is 5.91 Å². The molecule has 0 aromatic heterocycles. The fourth-order valence-corrected chi connectivity index (χ4v) is 2.34. The Bertz CT molecular complexity index is 763. The highest BCUT2D eigenvalue weighted by Gasteiger charge is 2.37. The van der Waals surface area contributed by atoms with Crippen LogP contribution in [0.25, 0.3) is 0 Å². The quantitative estimate of drug-likeness (QED) is 0.574. The average molecular weight is 337 g/mol. The van der Waals surface area contributed by atoms with E-state index in [1.54, 1.807) is 52.0 Å². The van der Waals surface area contributed by atoms with E-state index in [-0.39, 0.29) is 17.6 Å². The maximum absolute atomic E-state index is 12.4. The van der Waals surface area contributed by atoms with Crippen LogP contribution in [0, 0.1) is 11.3 Å². The summed E-state index contributed by atoms with van der Waals surface area (Å²) in [5.41, 5.74) is 1.00. The molecule has 0 aliphatic rings. The molecule has 0 fully saturated rings. The number of carbonyl (C=O) groups is 2. The lowest BCUT2D eigenvalue weighted by atomic mass is 9.81. The van der Waals surface area contributed by atoms with Crippen LogP contribution >= 0.6 is 0 Å². The summed E-state index contributed by atoms with van der Waals surface area (Å²) in [5, 5.41) is 11.1. The van der Waals surface area contributed by atoms with Crippen LogP contribution in [-0.2, 0) is 9.59 Å². The molecule has 2 rings (SSSR count). The van der Waals surface area contributed by atoms with E-state index in [0.717, 1.165) is 5.69 Å². The summed E-state index contributed by atoms with van der Waals surface area (Å²) in [6, 6.07) is 16.5. The first kappa shape index (κ1) is 18.5. The summed E-state index contributed by atoms with van der Waals surface area (Å²) >= 11 is 0. The lowest BCUT2D eigenvalue weighted by Gasteiger charge is -2.24. The van der Waals surface area contributed by atoms with Crippen LogP contribution < -0.4 is 5.32 Å². The lowest BCUT2D eigenvalue weighted by Crippen LogP contribution is -2.40. The van der Waals surface area contributed by atoms with E-state index in [0.29, 0.717) is 11.4 Å². The molecule has 0 bridgehead atoms. The summed E-state index contributed by atoms with van der Waals surface area (Å²) in [4.78, 5) is 24.6. The van der Waals surface area contributed by atoms with Crippen LogP contribution in [0.1, 0.15) is 27.7 Å². The maximum Gasteiger partial charge on any atom is 0.237 e. The molecule has 2 aromatic rings. The molecule has 0 saturated heterocycles. The standard InChI is InChI=1S/C20H23N3O2/c1-14(2)18(24)20(3,4)19(25)21-15-10-12-17(13-11-15)23-22-16-8-6-5-7-9-16/h5-14H,1-4H3,(H,21,25). The molecule has 0 unspecified atom stereocenters. The zero-order valence-electron chi connectivity index (χ0n) is 15.0. The van der Waals surface area contributed by atoms with Crippen molar-refractivity contribution >= 4 is 28.8 Å². The third-order valence-corrected chi connectivity index (χ3v) is 3.87. The van der Waals surface area contributed by atoms with Gasteiger partial charge in [0, 0.05) is 11.6 Å². The van der Waals surface area contributed by atoms with Crippen LogP contribution in [0.4, 0.5) is 17.1 Å². The highest BCUT2D eigenvalue weighted by molar-refractivity contribution is 6.11. The number of nitrogens with zero attached hydrogens (tertiary/aromatic N) is 2. The zero-order chi connectivity index (χ0) is 18.4. The van der Waals surface area contributed by atoms with E-state index in [2.05, 4.69) is 15.5 Å². The van der Waals surface area contributed by atoms with E-state index >= 15 is 0 Å². The lowest BCUT2D eigenvalue weighted by molar-refractivity contribution is -0.139. The Morgan fingerprint density at radius 3 is 1.92 bits per heavy atom. The van der Waals surface area contributed by atoms with Gasteiger partial charge in [-0.3, -0.25) is 9.59 Å². The molecule has 130 valence electrons. The molecular formula is C20H23N3O2. The normalized spacial score (nSPS) is 11.7. The minimum Gasteiger partial charge on any atom is -0.325 e. The van der Waals surface area contributed by atoms with Crippen LogP contribution in [0.15, 0.2) is 64.8 Å². The van der Waals surface area contributed by atoms with Gasteiger partial charge in [0.05, 0.1) is 11.4 Å². The number of Topliss-reactive ketones (excluding diaryl/α,β-unsaturated/α-hetero) is 1. The van der Waals surface area contributed by atoms with Gasteiger partial charge in [-0.05, 0) is 50.2 Å². The first-order chi connectivity index (χ1) is 11.8. The third kappa shape index (κ3) is 4.83. The van der Waals surface area contributed by atoms with E-state index in [1.807, 2.05) is 30.3 Å². The third-order valence-electron chi connectivity index (χ3n) is 3.87. The van der Waals surface area contributed by atoms with Gasteiger partial charge in [0.15, 0.2) is 0 Å². The van der Waals surface area contributed by atoms with E-state index in [1.165, 1.54) is 0 Å². The molecular weight excluding hydrogens is 314 g/mol. The number of rotatable bonds is 6. The summed E-state index contributed by atoms with van der Waals surface area (Å²) in [7, 11) is 0. The Morgan fingerprint density at radius 2 is 1.40 bits per heavy atom. The van der Waals surface area contributed by atoms with Gasteiger partial charge in [0.1, 0.15) is 11.2 Å². The number of carbonyl (C=O) groups excluding carboxylic acids is 2. The van der Waals surface area contributed by atoms with Crippen molar-refractivity contribution in [2.75, 3.05) is 5.32 Å². The highest BCUT2D eigenvalue weighted by atomic mass is 16.2. The summed E-state index contributed by atoms with van der Waals surface area (Å²) in [6.45, 7) is 6.88. The fourth-order valence-electron chi connectivity index (χ4n) is 2.34. The van der Waals surface area contributed by atoms with Crippen molar-refractivity contribution < 1.29 is 9.59 Å². The predicted molar refractivity (Wildman–Crippen MR) is 99.3 cm³/mol. The van der Waals surface area contributed by atoms with E-state index in [9.17, 15) is 9.59 Å². The van der Waals surface area contributed by atoms with Crippen molar-refractivity contribution in [3.8, 4) is 0 Å². The first-order valence-electron chi connectivity index (χ1n) is 8.23. The van der Waals surface area contributed by atoms with Crippen molar-refractivity contribution in [3.63, 3.8) is 0 Å². The van der Waals surface area contributed by atoms with E-state index < -0.39 is 5.41 Å². The molecule has 2 aromatic carbocycles. The van der Waals surface area contributed by atoms with Crippen LogP contribution in [0.3, 0.4) is 0 Å². The number of hydrogen-bond acceptors (Lipinski definition) is 4.